The summed E-state index contributed by atoms with van der Waals surface area (Å²) in [6.45, 7) is 6.48. The molecule has 2 aliphatic rings. The van der Waals surface area contributed by atoms with E-state index in [1.54, 1.807) is 0 Å². The maximum Gasteiger partial charge on any atom is 0.0659 e. The molecule has 1 aromatic carbocycles. The highest BCUT2D eigenvalue weighted by Crippen LogP contribution is 2.04. The molecule has 118 valence electrons. The van der Waals surface area contributed by atoms with Crippen molar-refractivity contribution in [3.05, 3.63) is 35.4 Å². The van der Waals surface area contributed by atoms with Gasteiger partial charge in [-0.05, 0) is 11.1 Å². The summed E-state index contributed by atoms with van der Waals surface area (Å²) in [6, 6.07) is 8.24. The average Bonchev–Trinajstić information content (AvgIpc) is 2.61. The van der Waals surface area contributed by atoms with Gasteiger partial charge in [-0.1, -0.05) is 24.3 Å². The highest BCUT2D eigenvalue weighted by atomic mass is 16.5. The molecule has 2 aliphatic heterocycles. The first-order chi connectivity index (χ1) is 10.9. The van der Waals surface area contributed by atoms with Crippen LogP contribution in [-0.4, -0.2) is 75.1 Å². The summed E-state index contributed by atoms with van der Waals surface area (Å²) < 4.78 is 10.6. The number of rotatable bonds is 4. The summed E-state index contributed by atoms with van der Waals surface area (Å²) in [5, 5.41) is 13.0. The van der Waals surface area contributed by atoms with Gasteiger partial charge in [-0.3, -0.25) is 10.0 Å². The van der Waals surface area contributed by atoms with Gasteiger partial charge in [0, 0.05) is 0 Å². The first-order valence-electron chi connectivity index (χ1n) is 7.73. The summed E-state index contributed by atoms with van der Waals surface area (Å²) in [5.41, 5.74) is 2.19. The summed E-state index contributed by atoms with van der Waals surface area (Å²) >= 11 is 0. The SMILES string of the molecule is C(=N/N1CCOCC1)/c1ccc(/C=N\N2CCOCC2)cc1. The second-order valence-corrected chi connectivity index (χ2v) is 5.29. The van der Waals surface area contributed by atoms with Crippen molar-refractivity contribution in [2.75, 3.05) is 52.6 Å². The maximum atomic E-state index is 5.30. The predicted molar refractivity (Wildman–Crippen MR) is 86.4 cm³/mol. The van der Waals surface area contributed by atoms with Crippen LogP contribution in [0.5, 0.6) is 0 Å². The molecule has 0 unspecified atom stereocenters. The lowest BCUT2D eigenvalue weighted by molar-refractivity contribution is 0.0396. The lowest BCUT2D eigenvalue weighted by Gasteiger charge is -2.23. The van der Waals surface area contributed by atoms with Crippen molar-refractivity contribution in [3.63, 3.8) is 0 Å². The van der Waals surface area contributed by atoms with Crippen LogP contribution < -0.4 is 0 Å². The molecule has 2 saturated heterocycles. The van der Waals surface area contributed by atoms with Crippen LogP contribution in [0.4, 0.5) is 0 Å². The van der Waals surface area contributed by atoms with Crippen LogP contribution in [-0.2, 0) is 9.47 Å². The van der Waals surface area contributed by atoms with Crippen molar-refractivity contribution in [2.45, 2.75) is 0 Å². The summed E-state index contributed by atoms with van der Waals surface area (Å²) in [7, 11) is 0. The number of hydrogen-bond donors (Lipinski definition) is 0. The average molecular weight is 302 g/mol. The highest BCUT2D eigenvalue weighted by Gasteiger charge is 2.07. The molecule has 0 amide bonds. The van der Waals surface area contributed by atoms with E-state index in [-0.39, 0.29) is 0 Å². The number of hydrazone groups is 2. The quantitative estimate of drug-likeness (QED) is 0.779. The molecule has 0 spiro atoms. The van der Waals surface area contributed by atoms with Gasteiger partial charge in [0.05, 0.1) is 65.0 Å². The van der Waals surface area contributed by atoms with E-state index in [1.807, 2.05) is 22.4 Å². The first kappa shape index (κ1) is 15.0. The highest BCUT2D eigenvalue weighted by molar-refractivity contribution is 5.83. The Balaban J connectivity index is 1.53. The van der Waals surface area contributed by atoms with Gasteiger partial charge in [0.25, 0.3) is 0 Å². The Hall–Kier alpha value is -1.92. The largest absolute Gasteiger partial charge is 0.378 e. The minimum Gasteiger partial charge on any atom is -0.378 e. The van der Waals surface area contributed by atoms with Crippen molar-refractivity contribution in [2.24, 2.45) is 10.2 Å². The third-order valence-electron chi connectivity index (χ3n) is 3.65. The van der Waals surface area contributed by atoms with Gasteiger partial charge in [-0.25, -0.2) is 0 Å². The Morgan fingerprint density at radius 1 is 0.682 bits per heavy atom. The summed E-state index contributed by atoms with van der Waals surface area (Å²) in [6.07, 6.45) is 3.79. The van der Waals surface area contributed by atoms with Crippen molar-refractivity contribution in [1.82, 2.24) is 10.0 Å². The second kappa shape index (κ2) is 7.91. The zero-order valence-corrected chi connectivity index (χ0v) is 12.7. The minimum absolute atomic E-state index is 0.758. The number of benzene rings is 1. The molecule has 2 fully saturated rings. The van der Waals surface area contributed by atoms with Crippen LogP contribution in [0.1, 0.15) is 11.1 Å². The number of hydrogen-bond acceptors (Lipinski definition) is 6. The molecule has 22 heavy (non-hydrogen) atoms. The Morgan fingerprint density at radius 2 is 1.05 bits per heavy atom. The molecule has 0 saturated carbocycles. The second-order valence-electron chi connectivity index (χ2n) is 5.29. The molecule has 0 radical (unpaired) electrons. The molecule has 0 N–H and O–H groups in total. The Labute approximate surface area is 131 Å². The lowest BCUT2D eigenvalue weighted by Crippen LogP contribution is -2.32. The maximum absolute atomic E-state index is 5.30. The fourth-order valence-electron chi connectivity index (χ4n) is 2.30. The summed E-state index contributed by atoms with van der Waals surface area (Å²) in [4.78, 5) is 0. The fourth-order valence-corrected chi connectivity index (χ4v) is 2.30. The van der Waals surface area contributed by atoms with Gasteiger partial charge in [0.2, 0.25) is 0 Å². The molecule has 6 heteroatoms. The molecular formula is C16H22N4O2. The van der Waals surface area contributed by atoms with Crippen LogP contribution in [0.3, 0.4) is 0 Å². The van der Waals surface area contributed by atoms with Crippen LogP contribution in [0, 0.1) is 0 Å². The zero-order chi connectivity index (χ0) is 15.0. The van der Waals surface area contributed by atoms with Crippen LogP contribution in [0.15, 0.2) is 34.5 Å². The fraction of sp³-hybridized carbons (Fsp3) is 0.500. The number of nitrogens with zero attached hydrogens (tertiary/aromatic N) is 4. The molecule has 0 atom stereocenters. The van der Waals surface area contributed by atoms with E-state index in [0.29, 0.717) is 0 Å². The number of ether oxygens (including phenoxy) is 2. The standard InChI is InChI=1S/C16H22N4O2/c1-2-16(14-18-20-7-11-22-12-8-20)4-3-15(1)13-17-19-5-9-21-10-6-19/h1-4,13-14H,5-12H2/b17-13-,18-14-. The zero-order valence-electron chi connectivity index (χ0n) is 12.7. The van der Waals surface area contributed by atoms with E-state index in [9.17, 15) is 0 Å². The minimum atomic E-state index is 0.758. The van der Waals surface area contributed by atoms with E-state index in [1.165, 1.54) is 0 Å². The molecule has 6 nitrogen and oxygen atoms in total. The van der Waals surface area contributed by atoms with Gasteiger partial charge >= 0.3 is 0 Å². The van der Waals surface area contributed by atoms with Gasteiger partial charge in [-0.15, -0.1) is 0 Å². The third kappa shape index (κ3) is 4.54. The van der Waals surface area contributed by atoms with E-state index < -0.39 is 0 Å². The van der Waals surface area contributed by atoms with Crippen molar-refractivity contribution < 1.29 is 9.47 Å². The monoisotopic (exact) mass is 302 g/mol. The van der Waals surface area contributed by atoms with Crippen molar-refractivity contribution in [3.8, 4) is 0 Å². The molecule has 0 aromatic heterocycles. The first-order valence-corrected chi connectivity index (χ1v) is 7.73. The Kier molecular flexibility index (Phi) is 5.39. The lowest BCUT2D eigenvalue weighted by atomic mass is 10.2. The topological polar surface area (TPSA) is 49.7 Å². The number of morpholine rings is 2. The van der Waals surface area contributed by atoms with E-state index in [2.05, 4.69) is 34.5 Å². The van der Waals surface area contributed by atoms with Gasteiger partial charge in [0.1, 0.15) is 0 Å². The van der Waals surface area contributed by atoms with E-state index >= 15 is 0 Å². The predicted octanol–water partition coefficient (Wildman–Crippen LogP) is 1.02. The van der Waals surface area contributed by atoms with E-state index in [4.69, 9.17) is 9.47 Å². The van der Waals surface area contributed by atoms with Gasteiger partial charge in [-0.2, -0.15) is 10.2 Å². The van der Waals surface area contributed by atoms with Crippen LogP contribution in [0.2, 0.25) is 0 Å². The van der Waals surface area contributed by atoms with Gasteiger partial charge in [0.15, 0.2) is 0 Å². The smallest absolute Gasteiger partial charge is 0.0659 e. The molecule has 2 heterocycles. The summed E-state index contributed by atoms with van der Waals surface area (Å²) in [5.74, 6) is 0. The molecule has 0 bridgehead atoms. The van der Waals surface area contributed by atoms with Crippen molar-refractivity contribution >= 4 is 12.4 Å². The molecule has 1 aromatic rings. The third-order valence-corrected chi connectivity index (χ3v) is 3.65. The normalized spacial score (nSPS) is 20.2. The van der Waals surface area contributed by atoms with E-state index in [0.717, 1.165) is 63.7 Å². The Bertz CT molecular complexity index is 456. The van der Waals surface area contributed by atoms with Crippen LogP contribution >= 0.6 is 0 Å². The molecule has 0 aliphatic carbocycles. The molecular weight excluding hydrogens is 280 g/mol. The van der Waals surface area contributed by atoms with Crippen molar-refractivity contribution in [1.29, 1.82) is 0 Å². The van der Waals surface area contributed by atoms with Crippen LogP contribution in [0.25, 0.3) is 0 Å². The van der Waals surface area contributed by atoms with Gasteiger partial charge < -0.3 is 9.47 Å². The Morgan fingerprint density at radius 3 is 1.41 bits per heavy atom. The molecule has 3 rings (SSSR count).